The predicted molar refractivity (Wildman–Crippen MR) is 68.7 cm³/mol. The molecule has 98 valence electrons. The number of benzene rings is 1. The molecule has 0 amide bonds. The Morgan fingerprint density at radius 3 is 2.56 bits per heavy atom. The van der Waals surface area contributed by atoms with Crippen molar-refractivity contribution in [1.82, 2.24) is 10.1 Å². The number of hydrogen-bond donors (Lipinski definition) is 1. The highest BCUT2D eigenvalue weighted by molar-refractivity contribution is 5.85. The van der Waals surface area contributed by atoms with E-state index in [1.807, 2.05) is 13.8 Å². The van der Waals surface area contributed by atoms with Gasteiger partial charge in [0.05, 0.1) is 11.6 Å². The van der Waals surface area contributed by atoms with Crippen LogP contribution in [0.2, 0.25) is 0 Å². The normalized spacial score (nSPS) is 12.3. The molecule has 0 bridgehead atoms. The average molecular weight is 272 g/mol. The summed E-state index contributed by atoms with van der Waals surface area (Å²) in [7, 11) is 0. The van der Waals surface area contributed by atoms with E-state index < -0.39 is 0 Å². The summed E-state index contributed by atoms with van der Waals surface area (Å²) in [5.41, 5.74) is 6.20. The van der Waals surface area contributed by atoms with Gasteiger partial charge in [-0.1, -0.05) is 31.1 Å². The predicted octanol–water partition coefficient (Wildman–Crippen LogP) is 2.95. The summed E-state index contributed by atoms with van der Waals surface area (Å²) >= 11 is 0. The Labute approximate surface area is 111 Å². The number of nitrogens with two attached hydrogens (primary N) is 1. The van der Waals surface area contributed by atoms with Crippen LogP contribution in [-0.2, 0) is 0 Å². The van der Waals surface area contributed by atoms with Crippen molar-refractivity contribution in [3.05, 3.63) is 36.0 Å². The Hall–Kier alpha value is -1.46. The van der Waals surface area contributed by atoms with Gasteiger partial charge < -0.3 is 10.3 Å². The largest absolute Gasteiger partial charge is 0.337 e. The molecule has 0 fully saturated rings. The van der Waals surface area contributed by atoms with E-state index in [0.29, 0.717) is 11.5 Å². The maximum atomic E-state index is 13.5. The first-order valence-corrected chi connectivity index (χ1v) is 5.43. The molecule has 2 rings (SSSR count). The molecule has 0 aliphatic heterocycles. The third kappa shape index (κ3) is 2.86. The summed E-state index contributed by atoms with van der Waals surface area (Å²) < 4.78 is 18.5. The van der Waals surface area contributed by atoms with Gasteiger partial charge in [-0.3, -0.25) is 0 Å². The molecule has 0 spiro atoms. The average Bonchev–Trinajstić information content (AvgIpc) is 2.77. The zero-order valence-corrected chi connectivity index (χ0v) is 10.9. The standard InChI is InChI=1S/C12H14FN3O.ClH/c1-7(2)10(14)12-15-11(16-17-12)8-5-3-4-6-9(8)13;/h3-7,10H,14H2,1-2H3;1H/t10-;/m1./s1. The van der Waals surface area contributed by atoms with Gasteiger partial charge in [0.2, 0.25) is 11.7 Å². The molecule has 0 unspecified atom stereocenters. The Bertz CT molecular complexity index is 516. The molecule has 0 aliphatic carbocycles. The molecule has 0 saturated carbocycles. The summed E-state index contributed by atoms with van der Waals surface area (Å²) in [4.78, 5) is 4.12. The van der Waals surface area contributed by atoms with Crippen LogP contribution < -0.4 is 5.73 Å². The minimum Gasteiger partial charge on any atom is -0.337 e. The van der Waals surface area contributed by atoms with Crippen molar-refractivity contribution >= 4 is 12.4 Å². The highest BCUT2D eigenvalue weighted by Crippen LogP contribution is 2.23. The van der Waals surface area contributed by atoms with Gasteiger partial charge in [0.1, 0.15) is 5.82 Å². The Kier molecular flexibility index (Phi) is 4.81. The van der Waals surface area contributed by atoms with Gasteiger partial charge in [-0.15, -0.1) is 12.4 Å². The van der Waals surface area contributed by atoms with Crippen LogP contribution in [0.5, 0.6) is 0 Å². The van der Waals surface area contributed by atoms with E-state index in [0.717, 1.165) is 0 Å². The molecule has 0 radical (unpaired) electrons. The zero-order chi connectivity index (χ0) is 12.4. The first kappa shape index (κ1) is 14.6. The highest BCUT2D eigenvalue weighted by Gasteiger charge is 2.19. The number of aromatic nitrogens is 2. The van der Waals surface area contributed by atoms with Crippen LogP contribution in [0.15, 0.2) is 28.8 Å². The molecule has 4 nitrogen and oxygen atoms in total. The van der Waals surface area contributed by atoms with Gasteiger partial charge in [-0.25, -0.2) is 4.39 Å². The fourth-order valence-electron chi connectivity index (χ4n) is 1.41. The van der Waals surface area contributed by atoms with Crippen molar-refractivity contribution < 1.29 is 8.91 Å². The van der Waals surface area contributed by atoms with E-state index in [1.165, 1.54) is 6.07 Å². The molecule has 2 N–H and O–H groups in total. The minimum absolute atomic E-state index is 0. The van der Waals surface area contributed by atoms with E-state index >= 15 is 0 Å². The molecular formula is C12H15ClFN3O. The quantitative estimate of drug-likeness (QED) is 0.932. The zero-order valence-electron chi connectivity index (χ0n) is 10.1. The first-order valence-electron chi connectivity index (χ1n) is 5.43. The van der Waals surface area contributed by atoms with Crippen molar-refractivity contribution in [1.29, 1.82) is 0 Å². The molecule has 0 saturated heterocycles. The lowest BCUT2D eigenvalue weighted by Crippen LogP contribution is -2.16. The summed E-state index contributed by atoms with van der Waals surface area (Å²) in [5.74, 6) is 0.370. The lowest BCUT2D eigenvalue weighted by Gasteiger charge is -2.09. The van der Waals surface area contributed by atoms with E-state index in [1.54, 1.807) is 18.2 Å². The topological polar surface area (TPSA) is 64.9 Å². The van der Waals surface area contributed by atoms with Crippen LogP contribution in [0.3, 0.4) is 0 Å². The Morgan fingerprint density at radius 1 is 1.28 bits per heavy atom. The molecule has 1 aromatic carbocycles. The van der Waals surface area contributed by atoms with Gasteiger partial charge >= 0.3 is 0 Å². The fraction of sp³-hybridized carbons (Fsp3) is 0.333. The molecular weight excluding hydrogens is 257 g/mol. The number of hydrogen-bond acceptors (Lipinski definition) is 4. The van der Waals surface area contributed by atoms with Crippen molar-refractivity contribution in [2.45, 2.75) is 19.9 Å². The summed E-state index contributed by atoms with van der Waals surface area (Å²) in [6, 6.07) is 5.96. The molecule has 18 heavy (non-hydrogen) atoms. The first-order chi connectivity index (χ1) is 8.09. The fourth-order valence-corrected chi connectivity index (χ4v) is 1.41. The molecule has 2 aromatic rings. The van der Waals surface area contributed by atoms with E-state index in [-0.39, 0.29) is 36.0 Å². The second kappa shape index (κ2) is 5.93. The lowest BCUT2D eigenvalue weighted by molar-refractivity contribution is 0.325. The van der Waals surface area contributed by atoms with Gasteiger partial charge in [-0.05, 0) is 18.1 Å². The number of rotatable bonds is 3. The van der Waals surface area contributed by atoms with Gasteiger partial charge in [0.15, 0.2) is 0 Å². The van der Waals surface area contributed by atoms with Crippen molar-refractivity contribution in [3.8, 4) is 11.4 Å². The summed E-state index contributed by atoms with van der Waals surface area (Å²) in [6.07, 6.45) is 0. The molecule has 0 aliphatic rings. The van der Waals surface area contributed by atoms with Gasteiger partial charge in [0, 0.05) is 0 Å². The van der Waals surface area contributed by atoms with E-state index in [4.69, 9.17) is 10.3 Å². The summed E-state index contributed by atoms with van der Waals surface area (Å²) in [5, 5.41) is 3.74. The third-order valence-electron chi connectivity index (χ3n) is 2.56. The van der Waals surface area contributed by atoms with Crippen LogP contribution in [0.4, 0.5) is 4.39 Å². The van der Waals surface area contributed by atoms with Crippen LogP contribution >= 0.6 is 12.4 Å². The van der Waals surface area contributed by atoms with Crippen LogP contribution in [-0.4, -0.2) is 10.1 Å². The van der Waals surface area contributed by atoms with Crippen LogP contribution in [0, 0.1) is 11.7 Å². The monoisotopic (exact) mass is 271 g/mol. The number of halogens is 2. The highest BCUT2D eigenvalue weighted by atomic mass is 35.5. The molecule has 1 heterocycles. The van der Waals surface area contributed by atoms with Crippen molar-refractivity contribution in [2.75, 3.05) is 0 Å². The third-order valence-corrected chi connectivity index (χ3v) is 2.56. The van der Waals surface area contributed by atoms with Crippen molar-refractivity contribution in [3.63, 3.8) is 0 Å². The van der Waals surface area contributed by atoms with Crippen LogP contribution in [0.1, 0.15) is 25.8 Å². The minimum atomic E-state index is -0.377. The van der Waals surface area contributed by atoms with Crippen LogP contribution in [0.25, 0.3) is 11.4 Å². The van der Waals surface area contributed by atoms with E-state index in [9.17, 15) is 4.39 Å². The second-order valence-corrected chi connectivity index (χ2v) is 4.21. The van der Waals surface area contributed by atoms with Gasteiger partial charge in [0.25, 0.3) is 0 Å². The molecule has 1 atom stereocenters. The molecule has 1 aromatic heterocycles. The Balaban J connectivity index is 0.00000162. The second-order valence-electron chi connectivity index (χ2n) is 4.21. The lowest BCUT2D eigenvalue weighted by atomic mass is 10.1. The number of nitrogens with zero attached hydrogens (tertiary/aromatic N) is 2. The van der Waals surface area contributed by atoms with Crippen molar-refractivity contribution in [2.24, 2.45) is 11.7 Å². The maximum Gasteiger partial charge on any atom is 0.244 e. The maximum absolute atomic E-state index is 13.5. The van der Waals surface area contributed by atoms with Gasteiger partial charge in [-0.2, -0.15) is 4.98 Å². The summed E-state index contributed by atoms with van der Waals surface area (Å²) in [6.45, 7) is 3.91. The SMILES string of the molecule is CC(C)[C@@H](N)c1nc(-c2ccccc2F)no1.Cl. The Morgan fingerprint density at radius 2 is 1.94 bits per heavy atom. The van der Waals surface area contributed by atoms with E-state index in [2.05, 4.69) is 10.1 Å². The molecule has 6 heteroatoms. The smallest absolute Gasteiger partial charge is 0.244 e.